The van der Waals surface area contributed by atoms with Crippen LogP contribution in [0.2, 0.25) is 0 Å². The molecule has 5 heteroatoms. The lowest BCUT2D eigenvalue weighted by atomic mass is 9.87. The first-order valence-electron chi connectivity index (χ1n) is 6.77. The van der Waals surface area contributed by atoms with Gasteiger partial charge in [0, 0.05) is 25.7 Å². The van der Waals surface area contributed by atoms with Crippen LogP contribution < -0.4 is 0 Å². The van der Waals surface area contributed by atoms with Crippen molar-refractivity contribution in [3.8, 4) is 0 Å². The summed E-state index contributed by atoms with van der Waals surface area (Å²) in [6, 6.07) is -0.339. The first kappa shape index (κ1) is 17.7. The molecule has 0 aromatic rings. The van der Waals surface area contributed by atoms with Crippen LogP contribution in [0.4, 0.5) is 4.79 Å². The molecule has 0 spiro atoms. The normalized spacial score (nSPS) is 14.7. The highest BCUT2D eigenvalue weighted by Crippen LogP contribution is 2.24. The van der Waals surface area contributed by atoms with E-state index in [2.05, 4.69) is 20.8 Å². The number of aliphatic carboxylic acids is 1. The number of rotatable bonds is 5. The fourth-order valence-corrected chi connectivity index (χ4v) is 1.95. The monoisotopic (exact) mass is 272 g/mol. The highest BCUT2D eigenvalue weighted by atomic mass is 16.4. The van der Waals surface area contributed by atoms with Gasteiger partial charge in [0.2, 0.25) is 0 Å². The van der Waals surface area contributed by atoms with E-state index in [4.69, 9.17) is 5.11 Å². The summed E-state index contributed by atoms with van der Waals surface area (Å²) in [6.45, 7) is 12.4. The number of hydrogen-bond acceptors (Lipinski definition) is 2. The summed E-state index contributed by atoms with van der Waals surface area (Å²) in [7, 11) is 1.77. The molecule has 2 atom stereocenters. The van der Waals surface area contributed by atoms with Crippen molar-refractivity contribution >= 4 is 12.0 Å². The molecule has 112 valence electrons. The Bertz CT molecular complexity index is 323. The van der Waals surface area contributed by atoms with Crippen LogP contribution in [-0.4, -0.2) is 52.6 Å². The van der Waals surface area contributed by atoms with Gasteiger partial charge in [-0.2, -0.15) is 0 Å². The van der Waals surface area contributed by atoms with Crippen molar-refractivity contribution in [1.29, 1.82) is 0 Å². The smallest absolute Gasteiger partial charge is 0.320 e. The zero-order valence-corrected chi connectivity index (χ0v) is 13.2. The minimum absolute atomic E-state index is 0.0140. The Labute approximate surface area is 116 Å². The Morgan fingerprint density at radius 3 is 2.00 bits per heavy atom. The van der Waals surface area contributed by atoms with Crippen molar-refractivity contribution < 1.29 is 14.7 Å². The predicted octanol–water partition coefficient (Wildman–Crippen LogP) is 2.66. The molecule has 0 rings (SSSR count). The first-order chi connectivity index (χ1) is 8.52. The van der Waals surface area contributed by atoms with Gasteiger partial charge < -0.3 is 14.9 Å². The maximum atomic E-state index is 12.4. The standard InChI is InChI=1S/C14H28N2O3/c1-8-16(10(2)9-12(17)18)13(19)15(7)11(3)14(4,5)6/h10-11H,8-9H2,1-7H3,(H,17,18). The topological polar surface area (TPSA) is 60.9 Å². The van der Waals surface area contributed by atoms with Gasteiger partial charge in [0.15, 0.2) is 0 Å². The van der Waals surface area contributed by atoms with Crippen molar-refractivity contribution in [2.24, 2.45) is 5.41 Å². The summed E-state index contributed by atoms with van der Waals surface area (Å²) in [5.74, 6) is -0.884. The molecule has 0 aromatic carbocycles. The fraction of sp³-hybridized carbons (Fsp3) is 0.857. The Morgan fingerprint density at radius 1 is 1.21 bits per heavy atom. The first-order valence-corrected chi connectivity index (χ1v) is 6.77. The fourth-order valence-electron chi connectivity index (χ4n) is 1.95. The maximum absolute atomic E-state index is 12.4. The molecule has 0 aliphatic rings. The van der Waals surface area contributed by atoms with E-state index in [1.54, 1.807) is 23.8 Å². The van der Waals surface area contributed by atoms with Crippen LogP contribution in [-0.2, 0) is 4.79 Å². The molecule has 0 radical (unpaired) electrons. The summed E-state index contributed by atoms with van der Waals surface area (Å²) >= 11 is 0. The molecule has 0 heterocycles. The molecule has 19 heavy (non-hydrogen) atoms. The van der Waals surface area contributed by atoms with E-state index in [0.29, 0.717) is 6.54 Å². The number of carbonyl (C=O) groups is 2. The van der Waals surface area contributed by atoms with Gasteiger partial charge in [0.05, 0.1) is 6.42 Å². The third-order valence-corrected chi connectivity index (χ3v) is 3.72. The molecule has 0 aromatic heterocycles. The maximum Gasteiger partial charge on any atom is 0.320 e. The quantitative estimate of drug-likeness (QED) is 0.837. The summed E-state index contributed by atoms with van der Waals surface area (Å²) in [6.07, 6.45) is -0.0304. The Kier molecular flexibility index (Phi) is 6.33. The number of carboxylic acid groups (broad SMARTS) is 1. The molecule has 2 unspecified atom stereocenters. The van der Waals surface area contributed by atoms with Crippen LogP contribution in [0.3, 0.4) is 0 Å². The van der Waals surface area contributed by atoms with E-state index in [-0.39, 0.29) is 30.0 Å². The summed E-state index contributed by atoms with van der Waals surface area (Å²) < 4.78 is 0. The second kappa shape index (κ2) is 6.78. The summed E-state index contributed by atoms with van der Waals surface area (Å²) in [5, 5.41) is 8.84. The molecule has 0 saturated carbocycles. The second-order valence-electron chi connectivity index (χ2n) is 6.17. The molecule has 0 aliphatic carbocycles. The van der Waals surface area contributed by atoms with Gasteiger partial charge in [-0.1, -0.05) is 20.8 Å². The Morgan fingerprint density at radius 2 is 1.68 bits per heavy atom. The van der Waals surface area contributed by atoms with Crippen molar-refractivity contribution in [2.75, 3.05) is 13.6 Å². The van der Waals surface area contributed by atoms with E-state index in [9.17, 15) is 9.59 Å². The van der Waals surface area contributed by atoms with Gasteiger partial charge >= 0.3 is 12.0 Å². The third-order valence-electron chi connectivity index (χ3n) is 3.72. The van der Waals surface area contributed by atoms with Crippen LogP contribution in [0.1, 0.15) is 48.0 Å². The zero-order valence-electron chi connectivity index (χ0n) is 13.2. The summed E-state index contributed by atoms with van der Waals surface area (Å²) in [4.78, 5) is 26.5. The van der Waals surface area contributed by atoms with Gasteiger partial charge in [-0.3, -0.25) is 4.79 Å². The minimum atomic E-state index is -0.884. The number of urea groups is 1. The highest BCUT2D eigenvalue weighted by molar-refractivity contribution is 5.76. The van der Waals surface area contributed by atoms with Crippen molar-refractivity contribution in [2.45, 2.75) is 60.0 Å². The van der Waals surface area contributed by atoms with Crippen LogP contribution in [0, 0.1) is 5.41 Å². The SMILES string of the molecule is CCN(C(=O)N(C)C(C)C(C)(C)C)C(C)CC(=O)O. The number of hydrogen-bond donors (Lipinski definition) is 1. The predicted molar refractivity (Wildman–Crippen MR) is 76.2 cm³/mol. The molecule has 1 N–H and O–H groups in total. The zero-order chi connectivity index (χ0) is 15.4. The lowest BCUT2D eigenvalue weighted by Crippen LogP contribution is -2.52. The molecule has 2 amide bonds. The number of amides is 2. The van der Waals surface area contributed by atoms with Crippen LogP contribution in [0.5, 0.6) is 0 Å². The third kappa shape index (κ3) is 5.09. The van der Waals surface area contributed by atoms with E-state index in [1.807, 2.05) is 13.8 Å². The minimum Gasteiger partial charge on any atom is -0.481 e. The molecular formula is C14H28N2O3. The molecule has 0 bridgehead atoms. The van der Waals surface area contributed by atoms with E-state index in [0.717, 1.165) is 0 Å². The van der Waals surface area contributed by atoms with Crippen LogP contribution in [0.25, 0.3) is 0 Å². The Hall–Kier alpha value is -1.26. The van der Waals surface area contributed by atoms with Crippen LogP contribution >= 0.6 is 0 Å². The summed E-state index contributed by atoms with van der Waals surface area (Å²) in [5.41, 5.74) is -0.0140. The average molecular weight is 272 g/mol. The average Bonchev–Trinajstić information content (AvgIpc) is 2.25. The second-order valence-corrected chi connectivity index (χ2v) is 6.17. The van der Waals surface area contributed by atoms with Crippen molar-refractivity contribution in [1.82, 2.24) is 9.80 Å². The van der Waals surface area contributed by atoms with Gasteiger partial charge in [-0.25, -0.2) is 4.79 Å². The van der Waals surface area contributed by atoms with Gasteiger partial charge in [0.1, 0.15) is 0 Å². The van der Waals surface area contributed by atoms with Gasteiger partial charge in [-0.05, 0) is 26.2 Å². The van der Waals surface area contributed by atoms with E-state index >= 15 is 0 Å². The van der Waals surface area contributed by atoms with E-state index < -0.39 is 5.97 Å². The van der Waals surface area contributed by atoms with Crippen molar-refractivity contribution in [3.63, 3.8) is 0 Å². The number of nitrogens with zero attached hydrogens (tertiary/aromatic N) is 2. The lowest BCUT2D eigenvalue weighted by Gasteiger charge is -2.39. The molecule has 5 nitrogen and oxygen atoms in total. The van der Waals surface area contributed by atoms with Gasteiger partial charge in [0.25, 0.3) is 0 Å². The van der Waals surface area contributed by atoms with Crippen LogP contribution in [0.15, 0.2) is 0 Å². The largest absolute Gasteiger partial charge is 0.481 e. The van der Waals surface area contributed by atoms with E-state index in [1.165, 1.54) is 0 Å². The molecule has 0 saturated heterocycles. The number of carboxylic acids is 1. The molecular weight excluding hydrogens is 244 g/mol. The number of carbonyl (C=O) groups excluding carboxylic acids is 1. The molecule has 0 fully saturated rings. The Balaban J connectivity index is 4.89. The van der Waals surface area contributed by atoms with Crippen molar-refractivity contribution in [3.05, 3.63) is 0 Å². The molecule has 0 aliphatic heterocycles. The highest BCUT2D eigenvalue weighted by Gasteiger charge is 2.31. The van der Waals surface area contributed by atoms with Gasteiger partial charge in [-0.15, -0.1) is 0 Å². The lowest BCUT2D eigenvalue weighted by molar-refractivity contribution is -0.138.